The smallest absolute Gasteiger partial charge is 0.261 e. The summed E-state index contributed by atoms with van der Waals surface area (Å²) in [6, 6.07) is 23.2. The second-order valence-corrected chi connectivity index (χ2v) is 7.50. The van der Waals surface area contributed by atoms with Crippen molar-refractivity contribution in [2.45, 2.75) is 13.0 Å². The van der Waals surface area contributed by atoms with Crippen molar-refractivity contribution in [1.82, 2.24) is 14.5 Å². The van der Waals surface area contributed by atoms with Gasteiger partial charge in [-0.15, -0.1) is 0 Å². The summed E-state index contributed by atoms with van der Waals surface area (Å²) in [5, 5.41) is 2.73. The number of para-hydroxylation sites is 2. The van der Waals surface area contributed by atoms with Crippen LogP contribution in [-0.4, -0.2) is 20.4 Å². The Morgan fingerprint density at radius 3 is 2.41 bits per heavy atom. The minimum absolute atomic E-state index is 0.232. The van der Waals surface area contributed by atoms with Gasteiger partial charge >= 0.3 is 0 Å². The second kappa shape index (κ2) is 8.11. The van der Waals surface area contributed by atoms with Crippen LogP contribution in [0.5, 0.6) is 0 Å². The number of anilines is 2. The van der Waals surface area contributed by atoms with Crippen LogP contribution in [0.4, 0.5) is 15.9 Å². The molecule has 0 aliphatic rings. The van der Waals surface area contributed by atoms with Gasteiger partial charge in [-0.05, 0) is 42.3 Å². The summed E-state index contributed by atoms with van der Waals surface area (Å²) in [7, 11) is 0. The lowest BCUT2D eigenvalue weighted by molar-refractivity contribution is 0.102. The molecule has 0 aliphatic carbocycles. The van der Waals surface area contributed by atoms with Crippen LogP contribution < -0.4 is 11.1 Å². The predicted octanol–water partition coefficient (Wildman–Crippen LogP) is 4.80. The van der Waals surface area contributed by atoms with E-state index in [2.05, 4.69) is 5.32 Å². The van der Waals surface area contributed by atoms with Crippen LogP contribution in [0.1, 0.15) is 15.9 Å². The van der Waals surface area contributed by atoms with Gasteiger partial charge < -0.3 is 15.6 Å². The highest BCUT2D eigenvalue weighted by Crippen LogP contribution is 2.29. The van der Waals surface area contributed by atoms with Gasteiger partial charge in [-0.1, -0.05) is 48.5 Å². The number of aromatic nitrogens is 3. The number of nitrogens with zero attached hydrogens (tertiary/aromatic N) is 3. The molecule has 3 aromatic carbocycles. The first kappa shape index (κ1) is 19.7. The fourth-order valence-electron chi connectivity index (χ4n) is 3.81. The van der Waals surface area contributed by atoms with E-state index >= 15 is 0 Å². The largest absolute Gasteiger partial charge is 0.384 e. The minimum atomic E-state index is -0.457. The molecule has 0 bridgehead atoms. The molecule has 5 rings (SSSR count). The number of halogens is 1. The molecule has 5 aromatic rings. The Kier molecular flexibility index (Phi) is 4.99. The molecule has 0 saturated carbocycles. The number of nitrogen functional groups attached to an aromatic ring is 1. The van der Waals surface area contributed by atoms with Crippen LogP contribution in [0.3, 0.4) is 0 Å². The summed E-state index contributed by atoms with van der Waals surface area (Å²) >= 11 is 0. The van der Waals surface area contributed by atoms with Gasteiger partial charge in [0.25, 0.3) is 5.91 Å². The molecule has 6 nitrogen and oxygen atoms in total. The van der Waals surface area contributed by atoms with Gasteiger partial charge in [-0.2, -0.15) is 0 Å². The molecule has 0 radical (unpaired) electrons. The van der Waals surface area contributed by atoms with Gasteiger partial charge in [0.05, 0.1) is 11.0 Å². The first-order chi connectivity index (χ1) is 15.6. The van der Waals surface area contributed by atoms with Crippen molar-refractivity contribution in [3.05, 3.63) is 95.8 Å². The van der Waals surface area contributed by atoms with E-state index in [1.807, 2.05) is 59.2 Å². The van der Waals surface area contributed by atoms with Crippen LogP contribution in [0.2, 0.25) is 0 Å². The van der Waals surface area contributed by atoms with E-state index in [9.17, 15) is 9.18 Å². The van der Waals surface area contributed by atoms with Gasteiger partial charge in [-0.3, -0.25) is 4.79 Å². The number of carbonyl (C=O) groups is 1. The molecule has 0 spiro atoms. The number of hydrogen-bond acceptors (Lipinski definition) is 4. The summed E-state index contributed by atoms with van der Waals surface area (Å²) in [5.74, 6) is -0.617. The molecule has 2 heterocycles. The standard InChI is InChI=1S/C25H20FN5O/c26-17-9-6-10-18(15-17)28-25(32)21-22-24(30-20-12-5-4-11-19(20)29-22)31(23(21)27)14-13-16-7-2-1-3-8-16/h1-12,15H,13-14,27H2,(H,28,32). The summed E-state index contributed by atoms with van der Waals surface area (Å²) in [4.78, 5) is 22.6. The highest BCUT2D eigenvalue weighted by Gasteiger charge is 2.24. The molecular weight excluding hydrogens is 405 g/mol. The van der Waals surface area contributed by atoms with Gasteiger partial charge in [-0.25, -0.2) is 14.4 Å². The minimum Gasteiger partial charge on any atom is -0.384 e. The Balaban J connectivity index is 1.61. The first-order valence-corrected chi connectivity index (χ1v) is 10.3. The van der Waals surface area contributed by atoms with E-state index in [-0.39, 0.29) is 11.4 Å². The lowest BCUT2D eigenvalue weighted by atomic mass is 10.1. The van der Waals surface area contributed by atoms with Gasteiger partial charge in [0, 0.05) is 12.2 Å². The zero-order valence-electron chi connectivity index (χ0n) is 17.1. The van der Waals surface area contributed by atoms with E-state index < -0.39 is 11.7 Å². The van der Waals surface area contributed by atoms with Crippen LogP contribution in [-0.2, 0) is 13.0 Å². The first-order valence-electron chi connectivity index (χ1n) is 10.3. The third-order valence-corrected chi connectivity index (χ3v) is 5.37. The van der Waals surface area contributed by atoms with Crippen LogP contribution in [0.15, 0.2) is 78.9 Å². The molecule has 158 valence electrons. The molecule has 0 atom stereocenters. The van der Waals surface area contributed by atoms with Crippen molar-refractivity contribution in [2.75, 3.05) is 11.1 Å². The van der Waals surface area contributed by atoms with E-state index in [0.29, 0.717) is 35.3 Å². The summed E-state index contributed by atoms with van der Waals surface area (Å²) in [6.07, 6.45) is 0.717. The maximum atomic E-state index is 13.6. The zero-order valence-corrected chi connectivity index (χ0v) is 17.1. The maximum Gasteiger partial charge on any atom is 0.261 e. The Bertz CT molecular complexity index is 1450. The number of aryl methyl sites for hydroxylation is 2. The third-order valence-electron chi connectivity index (χ3n) is 5.37. The molecule has 1 amide bonds. The quantitative estimate of drug-likeness (QED) is 0.424. The van der Waals surface area contributed by atoms with Crippen molar-refractivity contribution in [1.29, 1.82) is 0 Å². The molecule has 0 unspecified atom stereocenters. The number of nitrogens with two attached hydrogens (primary N) is 1. The molecule has 7 heteroatoms. The summed E-state index contributed by atoms with van der Waals surface area (Å²) < 4.78 is 15.4. The summed E-state index contributed by atoms with van der Waals surface area (Å²) in [6.45, 7) is 0.534. The van der Waals surface area contributed by atoms with Crippen molar-refractivity contribution in [2.24, 2.45) is 0 Å². The highest BCUT2D eigenvalue weighted by molar-refractivity contribution is 6.16. The van der Waals surface area contributed by atoms with E-state index in [4.69, 9.17) is 15.7 Å². The fourth-order valence-corrected chi connectivity index (χ4v) is 3.81. The Morgan fingerprint density at radius 1 is 0.938 bits per heavy atom. The third kappa shape index (κ3) is 3.65. The van der Waals surface area contributed by atoms with Crippen molar-refractivity contribution in [3.8, 4) is 0 Å². The van der Waals surface area contributed by atoms with E-state index in [1.165, 1.54) is 18.2 Å². The number of benzene rings is 3. The van der Waals surface area contributed by atoms with Gasteiger partial charge in [0.1, 0.15) is 22.7 Å². The van der Waals surface area contributed by atoms with E-state index in [1.54, 1.807) is 6.07 Å². The topological polar surface area (TPSA) is 85.8 Å². The van der Waals surface area contributed by atoms with Crippen molar-refractivity contribution >= 4 is 39.6 Å². The molecule has 2 aromatic heterocycles. The molecule has 32 heavy (non-hydrogen) atoms. The van der Waals surface area contributed by atoms with Crippen LogP contribution in [0.25, 0.3) is 22.2 Å². The number of rotatable bonds is 5. The van der Waals surface area contributed by atoms with Gasteiger partial charge in [0.2, 0.25) is 0 Å². The lowest BCUT2D eigenvalue weighted by Crippen LogP contribution is -2.15. The lowest BCUT2D eigenvalue weighted by Gasteiger charge is -2.08. The highest BCUT2D eigenvalue weighted by atomic mass is 19.1. The monoisotopic (exact) mass is 425 g/mol. The summed E-state index contributed by atoms with van der Waals surface area (Å²) in [5.41, 5.74) is 10.5. The maximum absolute atomic E-state index is 13.6. The number of amides is 1. The van der Waals surface area contributed by atoms with E-state index in [0.717, 1.165) is 11.1 Å². The normalized spacial score (nSPS) is 11.2. The number of hydrogen-bond donors (Lipinski definition) is 2. The Labute approximate surface area is 183 Å². The molecular formula is C25H20FN5O. The SMILES string of the molecule is Nc1c(C(=O)Nc2cccc(F)c2)c2nc3ccccc3nc2n1CCc1ccccc1. The molecule has 3 N–H and O–H groups in total. The molecule has 0 aliphatic heterocycles. The number of nitrogens with one attached hydrogen (secondary N) is 1. The van der Waals surface area contributed by atoms with Crippen LogP contribution >= 0.6 is 0 Å². The fraction of sp³-hybridized carbons (Fsp3) is 0.0800. The van der Waals surface area contributed by atoms with Crippen molar-refractivity contribution in [3.63, 3.8) is 0 Å². The number of carbonyl (C=O) groups excluding carboxylic acids is 1. The second-order valence-electron chi connectivity index (χ2n) is 7.50. The zero-order chi connectivity index (χ0) is 22.1. The van der Waals surface area contributed by atoms with Gasteiger partial charge in [0.15, 0.2) is 5.65 Å². The predicted molar refractivity (Wildman–Crippen MR) is 124 cm³/mol. The van der Waals surface area contributed by atoms with Crippen molar-refractivity contribution < 1.29 is 9.18 Å². The van der Waals surface area contributed by atoms with Crippen LogP contribution in [0, 0.1) is 5.82 Å². The Morgan fingerprint density at radius 2 is 1.66 bits per heavy atom. The molecule has 0 saturated heterocycles. The number of fused-ring (bicyclic) bond motifs is 2. The average Bonchev–Trinajstić information content (AvgIpc) is 3.07. The molecule has 0 fully saturated rings. The average molecular weight is 425 g/mol. The Hall–Kier alpha value is -4.26.